The van der Waals surface area contributed by atoms with E-state index < -0.39 is 11.7 Å². The minimum Gasteiger partial charge on any atom is -0.457 e. The number of alkyl halides is 3. The van der Waals surface area contributed by atoms with Crippen LogP contribution >= 0.6 is 15.9 Å². The molecule has 0 aliphatic heterocycles. The van der Waals surface area contributed by atoms with Crippen molar-refractivity contribution in [3.63, 3.8) is 0 Å². The van der Waals surface area contributed by atoms with Gasteiger partial charge < -0.3 is 10.5 Å². The molecule has 0 unspecified atom stereocenters. The van der Waals surface area contributed by atoms with E-state index in [1.807, 2.05) is 6.07 Å². The molecule has 0 fully saturated rings. The number of ether oxygens (including phenoxy) is 1. The van der Waals surface area contributed by atoms with E-state index in [0.29, 0.717) is 11.5 Å². The number of hydrogen-bond acceptors (Lipinski definition) is 2. The van der Waals surface area contributed by atoms with Crippen molar-refractivity contribution in [1.82, 2.24) is 0 Å². The van der Waals surface area contributed by atoms with Gasteiger partial charge in [-0.2, -0.15) is 13.2 Å². The number of halogens is 4. The van der Waals surface area contributed by atoms with Crippen molar-refractivity contribution in [3.8, 4) is 11.5 Å². The molecule has 106 valence electrons. The van der Waals surface area contributed by atoms with Crippen LogP contribution in [-0.4, -0.2) is 0 Å². The number of rotatable bonds is 3. The molecule has 6 heteroatoms. The summed E-state index contributed by atoms with van der Waals surface area (Å²) < 4.78 is 43.7. The van der Waals surface area contributed by atoms with Gasteiger partial charge in [-0.25, -0.2) is 0 Å². The molecule has 0 radical (unpaired) electrons. The Morgan fingerprint density at radius 2 is 1.70 bits per heavy atom. The lowest BCUT2D eigenvalue weighted by atomic mass is 10.2. The summed E-state index contributed by atoms with van der Waals surface area (Å²) in [6, 6.07) is 9.87. The van der Waals surface area contributed by atoms with E-state index in [1.165, 1.54) is 12.1 Å². The largest absolute Gasteiger partial charge is 0.457 e. The first-order valence-electron chi connectivity index (χ1n) is 5.74. The van der Waals surface area contributed by atoms with Crippen molar-refractivity contribution in [2.24, 2.45) is 5.73 Å². The molecule has 0 spiro atoms. The maximum atomic E-state index is 12.5. The van der Waals surface area contributed by atoms with Gasteiger partial charge in [-0.05, 0) is 36.4 Å². The fourth-order valence-electron chi connectivity index (χ4n) is 1.63. The van der Waals surface area contributed by atoms with Crippen LogP contribution in [0, 0.1) is 0 Å². The quantitative estimate of drug-likeness (QED) is 0.873. The summed E-state index contributed by atoms with van der Waals surface area (Å²) in [5.41, 5.74) is 5.65. The molecule has 2 rings (SSSR count). The molecule has 0 amide bonds. The van der Waals surface area contributed by atoms with Gasteiger partial charge in [-0.1, -0.05) is 22.0 Å². The molecule has 0 atom stereocenters. The van der Waals surface area contributed by atoms with E-state index in [9.17, 15) is 13.2 Å². The highest BCUT2D eigenvalue weighted by atomic mass is 79.9. The standard InChI is InChI=1S/C14H11BrF3NO/c15-11-4-1-9(8-19)13(7-11)20-12-5-2-10(3-6-12)14(16,17)18/h1-7H,8,19H2. The van der Waals surface area contributed by atoms with Crippen molar-refractivity contribution in [2.45, 2.75) is 12.7 Å². The van der Waals surface area contributed by atoms with Gasteiger partial charge >= 0.3 is 6.18 Å². The molecule has 0 bridgehead atoms. The highest BCUT2D eigenvalue weighted by Gasteiger charge is 2.30. The molecule has 0 heterocycles. The Kier molecular flexibility index (Phi) is 4.35. The third-order valence-electron chi connectivity index (χ3n) is 2.66. The topological polar surface area (TPSA) is 35.2 Å². The molecular weight excluding hydrogens is 335 g/mol. The van der Waals surface area contributed by atoms with Gasteiger partial charge in [0.15, 0.2) is 0 Å². The lowest BCUT2D eigenvalue weighted by molar-refractivity contribution is -0.137. The summed E-state index contributed by atoms with van der Waals surface area (Å²) in [6.45, 7) is 0.281. The van der Waals surface area contributed by atoms with Crippen molar-refractivity contribution >= 4 is 15.9 Å². The summed E-state index contributed by atoms with van der Waals surface area (Å²) in [5.74, 6) is 0.840. The molecule has 2 aromatic rings. The van der Waals surface area contributed by atoms with Crippen LogP contribution in [0.2, 0.25) is 0 Å². The van der Waals surface area contributed by atoms with Gasteiger partial charge in [-0.15, -0.1) is 0 Å². The fraction of sp³-hybridized carbons (Fsp3) is 0.143. The van der Waals surface area contributed by atoms with Gasteiger partial charge in [0.1, 0.15) is 11.5 Å². The van der Waals surface area contributed by atoms with E-state index in [2.05, 4.69) is 15.9 Å². The van der Waals surface area contributed by atoms with Gasteiger partial charge in [0.25, 0.3) is 0 Å². The van der Waals surface area contributed by atoms with E-state index in [-0.39, 0.29) is 6.54 Å². The summed E-state index contributed by atoms with van der Waals surface area (Å²) in [5, 5.41) is 0. The second-order valence-corrected chi connectivity index (χ2v) is 5.00. The second-order valence-electron chi connectivity index (χ2n) is 4.08. The number of nitrogens with two attached hydrogens (primary N) is 1. The van der Waals surface area contributed by atoms with Crippen LogP contribution in [0.4, 0.5) is 13.2 Å². The highest BCUT2D eigenvalue weighted by Crippen LogP contribution is 2.32. The zero-order chi connectivity index (χ0) is 14.8. The van der Waals surface area contributed by atoms with Crippen molar-refractivity contribution in [3.05, 3.63) is 58.1 Å². The monoisotopic (exact) mass is 345 g/mol. The number of benzene rings is 2. The van der Waals surface area contributed by atoms with Crippen LogP contribution in [0.25, 0.3) is 0 Å². The molecule has 2 nitrogen and oxygen atoms in total. The number of hydrogen-bond donors (Lipinski definition) is 1. The Morgan fingerprint density at radius 3 is 2.25 bits per heavy atom. The molecule has 0 aliphatic rings. The lowest BCUT2D eigenvalue weighted by Gasteiger charge is -2.12. The molecule has 2 aromatic carbocycles. The van der Waals surface area contributed by atoms with Crippen LogP contribution in [0.3, 0.4) is 0 Å². The van der Waals surface area contributed by atoms with E-state index >= 15 is 0 Å². The smallest absolute Gasteiger partial charge is 0.416 e. The molecule has 0 aliphatic carbocycles. The van der Waals surface area contributed by atoms with Crippen LogP contribution < -0.4 is 10.5 Å². The Bertz CT molecular complexity index is 596. The lowest BCUT2D eigenvalue weighted by Crippen LogP contribution is -2.04. The molecule has 0 saturated heterocycles. The fourth-order valence-corrected chi connectivity index (χ4v) is 1.97. The predicted molar refractivity (Wildman–Crippen MR) is 73.6 cm³/mol. The van der Waals surface area contributed by atoms with E-state index in [1.54, 1.807) is 12.1 Å². The van der Waals surface area contributed by atoms with Gasteiger partial charge in [0, 0.05) is 16.6 Å². The normalized spacial score (nSPS) is 11.4. The minimum atomic E-state index is -4.35. The molecule has 20 heavy (non-hydrogen) atoms. The van der Waals surface area contributed by atoms with E-state index in [0.717, 1.165) is 22.2 Å². The third kappa shape index (κ3) is 3.52. The Morgan fingerprint density at radius 1 is 1.05 bits per heavy atom. The minimum absolute atomic E-state index is 0.281. The average Bonchev–Trinajstić information content (AvgIpc) is 2.38. The summed E-state index contributed by atoms with van der Waals surface area (Å²) >= 11 is 3.31. The van der Waals surface area contributed by atoms with Gasteiger partial charge in [0.2, 0.25) is 0 Å². The Balaban J connectivity index is 2.24. The van der Waals surface area contributed by atoms with Crippen molar-refractivity contribution in [1.29, 1.82) is 0 Å². The van der Waals surface area contributed by atoms with Gasteiger partial charge in [0.05, 0.1) is 5.56 Å². The predicted octanol–water partition coefficient (Wildman–Crippen LogP) is 4.72. The summed E-state index contributed by atoms with van der Waals surface area (Å²) in [6.07, 6.45) is -4.35. The third-order valence-corrected chi connectivity index (χ3v) is 3.15. The molecule has 0 aromatic heterocycles. The van der Waals surface area contributed by atoms with Crippen LogP contribution in [0.1, 0.15) is 11.1 Å². The van der Waals surface area contributed by atoms with Crippen molar-refractivity contribution in [2.75, 3.05) is 0 Å². The van der Waals surface area contributed by atoms with Crippen molar-refractivity contribution < 1.29 is 17.9 Å². The summed E-state index contributed by atoms with van der Waals surface area (Å²) in [4.78, 5) is 0. The van der Waals surface area contributed by atoms with Gasteiger partial charge in [-0.3, -0.25) is 0 Å². The first-order chi connectivity index (χ1) is 9.40. The first kappa shape index (κ1) is 14.9. The average molecular weight is 346 g/mol. The maximum absolute atomic E-state index is 12.5. The van der Waals surface area contributed by atoms with E-state index in [4.69, 9.17) is 10.5 Å². The molecule has 0 saturated carbocycles. The van der Waals surface area contributed by atoms with Crippen LogP contribution in [0.15, 0.2) is 46.9 Å². The highest BCUT2D eigenvalue weighted by molar-refractivity contribution is 9.10. The first-order valence-corrected chi connectivity index (χ1v) is 6.53. The Labute approximate surface area is 122 Å². The second kappa shape index (κ2) is 5.85. The van der Waals surface area contributed by atoms with Crippen LogP contribution in [-0.2, 0) is 12.7 Å². The zero-order valence-electron chi connectivity index (χ0n) is 10.2. The maximum Gasteiger partial charge on any atom is 0.416 e. The summed E-state index contributed by atoms with van der Waals surface area (Å²) in [7, 11) is 0. The SMILES string of the molecule is NCc1ccc(Br)cc1Oc1ccc(C(F)(F)F)cc1. The zero-order valence-corrected chi connectivity index (χ0v) is 11.8. The molecule has 2 N–H and O–H groups in total. The molecular formula is C14H11BrF3NO. The van der Waals surface area contributed by atoms with Crippen LogP contribution in [0.5, 0.6) is 11.5 Å². The Hall–Kier alpha value is -1.53.